The van der Waals surface area contributed by atoms with Crippen molar-refractivity contribution in [3.63, 3.8) is 0 Å². The second-order valence-corrected chi connectivity index (χ2v) is 6.95. The number of nitrogens with zero attached hydrogens (tertiary/aromatic N) is 2. The van der Waals surface area contributed by atoms with Gasteiger partial charge in [-0.1, -0.05) is 6.42 Å². The van der Waals surface area contributed by atoms with Crippen molar-refractivity contribution in [2.75, 3.05) is 32.8 Å². The summed E-state index contributed by atoms with van der Waals surface area (Å²) in [5.41, 5.74) is 5.91. The van der Waals surface area contributed by atoms with Gasteiger partial charge in [0, 0.05) is 30.7 Å². The van der Waals surface area contributed by atoms with Crippen LogP contribution in [0.15, 0.2) is 0 Å². The van der Waals surface area contributed by atoms with Gasteiger partial charge in [0.05, 0.1) is 6.61 Å². The van der Waals surface area contributed by atoms with Crippen LogP contribution in [0.25, 0.3) is 0 Å². The third-order valence-corrected chi connectivity index (χ3v) is 5.55. The Morgan fingerprint density at radius 3 is 2.47 bits per heavy atom. The Hall–Kier alpha value is -0.160. The molecule has 1 saturated carbocycles. The molecule has 2 aliphatic heterocycles. The lowest BCUT2D eigenvalue weighted by Crippen LogP contribution is -2.44. The fourth-order valence-corrected chi connectivity index (χ4v) is 4.26. The summed E-state index contributed by atoms with van der Waals surface area (Å²) in [6.45, 7) is 5.22. The maximum atomic E-state index is 9.39. The highest BCUT2D eigenvalue weighted by Crippen LogP contribution is 2.33. The molecule has 0 amide bonds. The molecule has 110 valence electrons. The predicted octanol–water partition coefficient (Wildman–Crippen LogP) is 0.789. The Morgan fingerprint density at radius 1 is 1.00 bits per heavy atom. The second-order valence-electron chi connectivity index (χ2n) is 6.95. The summed E-state index contributed by atoms with van der Waals surface area (Å²) < 4.78 is 0. The second kappa shape index (κ2) is 5.68. The molecule has 2 saturated heterocycles. The first-order valence-electron chi connectivity index (χ1n) is 8.08. The molecule has 3 fully saturated rings. The number of aliphatic hydroxyl groups excluding tert-OH is 1. The largest absolute Gasteiger partial charge is 0.394 e. The molecule has 3 unspecified atom stereocenters. The zero-order valence-electron chi connectivity index (χ0n) is 12.1. The van der Waals surface area contributed by atoms with Crippen LogP contribution in [0.5, 0.6) is 0 Å². The monoisotopic (exact) mass is 267 g/mol. The first kappa shape index (κ1) is 13.8. The van der Waals surface area contributed by atoms with E-state index in [1.54, 1.807) is 0 Å². The molecule has 1 aliphatic carbocycles. The highest BCUT2D eigenvalue weighted by atomic mass is 16.3. The molecule has 0 bridgehead atoms. The number of hydrogen-bond acceptors (Lipinski definition) is 4. The van der Waals surface area contributed by atoms with Gasteiger partial charge in [-0.2, -0.15) is 0 Å². The van der Waals surface area contributed by atoms with Gasteiger partial charge in [0.15, 0.2) is 0 Å². The van der Waals surface area contributed by atoms with E-state index in [0.29, 0.717) is 6.04 Å². The van der Waals surface area contributed by atoms with Gasteiger partial charge in [-0.3, -0.25) is 9.80 Å². The number of rotatable bonds is 3. The van der Waals surface area contributed by atoms with Crippen molar-refractivity contribution in [3.8, 4) is 0 Å². The zero-order chi connectivity index (χ0) is 13.3. The van der Waals surface area contributed by atoms with Gasteiger partial charge in [-0.25, -0.2) is 0 Å². The van der Waals surface area contributed by atoms with Crippen LogP contribution in [0.1, 0.15) is 44.9 Å². The van der Waals surface area contributed by atoms with Gasteiger partial charge in [0.1, 0.15) is 0 Å². The van der Waals surface area contributed by atoms with Gasteiger partial charge in [0.25, 0.3) is 0 Å². The summed E-state index contributed by atoms with van der Waals surface area (Å²) in [4.78, 5) is 5.35. The maximum Gasteiger partial charge on any atom is 0.0611 e. The van der Waals surface area contributed by atoms with Crippen molar-refractivity contribution in [1.29, 1.82) is 0 Å². The summed E-state index contributed by atoms with van der Waals surface area (Å²) in [5, 5.41) is 9.39. The normalized spacial score (nSPS) is 42.0. The molecule has 2 heterocycles. The fraction of sp³-hybridized carbons (Fsp3) is 1.00. The average Bonchev–Trinajstić information content (AvgIpc) is 3.07. The summed E-state index contributed by atoms with van der Waals surface area (Å²) in [7, 11) is 0. The van der Waals surface area contributed by atoms with Crippen LogP contribution < -0.4 is 5.73 Å². The summed E-state index contributed by atoms with van der Waals surface area (Å²) >= 11 is 0. The van der Waals surface area contributed by atoms with Crippen molar-refractivity contribution >= 4 is 0 Å². The van der Waals surface area contributed by atoms with Crippen LogP contribution >= 0.6 is 0 Å². The smallest absolute Gasteiger partial charge is 0.0611 e. The van der Waals surface area contributed by atoms with Gasteiger partial charge >= 0.3 is 0 Å². The first-order chi connectivity index (χ1) is 9.20. The Morgan fingerprint density at radius 2 is 1.79 bits per heavy atom. The summed E-state index contributed by atoms with van der Waals surface area (Å²) in [6, 6.07) is 1.40. The number of nitrogens with two attached hydrogens (primary N) is 1. The molecule has 0 aromatic heterocycles. The Labute approximate surface area is 116 Å². The number of hydrogen-bond donors (Lipinski definition) is 2. The quantitative estimate of drug-likeness (QED) is 0.794. The molecule has 4 heteroatoms. The molecule has 0 radical (unpaired) electrons. The van der Waals surface area contributed by atoms with Gasteiger partial charge in [-0.05, 0) is 51.6 Å². The van der Waals surface area contributed by atoms with Crippen LogP contribution in [-0.4, -0.2) is 65.3 Å². The molecule has 0 aromatic carbocycles. The molecule has 4 nitrogen and oxygen atoms in total. The average molecular weight is 267 g/mol. The summed E-state index contributed by atoms with van der Waals surface area (Å²) in [6.07, 6.45) is 8.65. The van der Waals surface area contributed by atoms with Crippen LogP contribution in [-0.2, 0) is 0 Å². The van der Waals surface area contributed by atoms with Crippen LogP contribution in [0.4, 0.5) is 0 Å². The zero-order valence-corrected chi connectivity index (χ0v) is 12.1. The van der Waals surface area contributed by atoms with Crippen LogP contribution in [0.3, 0.4) is 0 Å². The van der Waals surface area contributed by atoms with Gasteiger partial charge in [-0.15, -0.1) is 0 Å². The van der Waals surface area contributed by atoms with E-state index in [9.17, 15) is 5.11 Å². The van der Waals surface area contributed by atoms with E-state index in [4.69, 9.17) is 5.73 Å². The van der Waals surface area contributed by atoms with Crippen LogP contribution in [0, 0.1) is 0 Å². The first-order valence-corrected chi connectivity index (χ1v) is 8.08. The van der Waals surface area contributed by atoms with Crippen molar-refractivity contribution in [2.45, 2.75) is 62.6 Å². The number of piperidine rings is 1. The van der Waals surface area contributed by atoms with E-state index < -0.39 is 0 Å². The molecule has 0 aromatic rings. The van der Waals surface area contributed by atoms with Gasteiger partial charge < -0.3 is 10.8 Å². The van der Waals surface area contributed by atoms with E-state index in [1.807, 2.05) is 0 Å². The molecule has 3 rings (SSSR count). The number of aliphatic hydroxyl groups is 1. The Kier molecular flexibility index (Phi) is 4.13. The van der Waals surface area contributed by atoms with E-state index in [1.165, 1.54) is 58.3 Å². The molecular weight excluding hydrogens is 238 g/mol. The standard InChI is InChI=1S/C15H29N3O/c16-15(12-19)6-4-13(10-15)18-9-5-14(11-18)17-7-2-1-3-8-17/h13-14,19H,1-12,16H2. The lowest BCUT2D eigenvalue weighted by atomic mass is 10.0. The Balaban J connectivity index is 1.52. The number of likely N-dealkylation sites (tertiary alicyclic amines) is 2. The third-order valence-electron chi connectivity index (χ3n) is 5.55. The van der Waals surface area contributed by atoms with E-state index in [2.05, 4.69) is 9.80 Å². The molecule has 3 aliphatic rings. The van der Waals surface area contributed by atoms with Gasteiger partial charge in [0.2, 0.25) is 0 Å². The maximum absolute atomic E-state index is 9.39. The van der Waals surface area contributed by atoms with Crippen molar-refractivity contribution in [3.05, 3.63) is 0 Å². The molecule has 19 heavy (non-hydrogen) atoms. The summed E-state index contributed by atoms with van der Waals surface area (Å²) in [5.74, 6) is 0. The lowest BCUT2D eigenvalue weighted by molar-refractivity contribution is 0.146. The predicted molar refractivity (Wildman–Crippen MR) is 77.0 cm³/mol. The van der Waals surface area contributed by atoms with Crippen molar-refractivity contribution in [1.82, 2.24) is 9.80 Å². The van der Waals surface area contributed by atoms with E-state index >= 15 is 0 Å². The van der Waals surface area contributed by atoms with Crippen molar-refractivity contribution in [2.24, 2.45) is 5.73 Å². The fourth-order valence-electron chi connectivity index (χ4n) is 4.26. The topological polar surface area (TPSA) is 52.7 Å². The minimum absolute atomic E-state index is 0.146. The Bertz CT molecular complexity index is 306. The van der Waals surface area contributed by atoms with E-state index in [-0.39, 0.29) is 12.1 Å². The minimum atomic E-state index is -0.298. The minimum Gasteiger partial charge on any atom is -0.394 e. The van der Waals surface area contributed by atoms with Crippen molar-refractivity contribution < 1.29 is 5.11 Å². The highest BCUT2D eigenvalue weighted by molar-refractivity contribution is 4.99. The highest BCUT2D eigenvalue weighted by Gasteiger charge is 2.40. The molecular formula is C15H29N3O. The molecule has 0 spiro atoms. The molecule has 3 N–H and O–H groups in total. The van der Waals surface area contributed by atoms with E-state index in [0.717, 1.165) is 18.9 Å². The third kappa shape index (κ3) is 2.97. The lowest BCUT2D eigenvalue weighted by Gasteiger charge is -2.33. The van der Waals surface area contributed by atoms with Crippen LogP contribution in [0.2, 0.25) is 0 Å². The molecule has 3 atom stereocenters. The SMILES string of the molecule is NC1(CO)CCC(N2CCC(N3CCCCC3)C2)C1.